The van der Waals surface area contributed by atoms with E-state index in [0.29, 0.717) is 3.57 Å². The van der Waals surface area contributed by atoms with E-state index in [4.69, 9.17) is 0 Å². The van der Waals surface area contributed by atoms with Gasteiger partial charge in [0.25, 0.3) is 5.69 Å². The van der Waals surface area contributed by atoms with Crippen molar-refractivity contribution < 1.29 is 4.92 Å². The third kappa shape index (κ3) is 2.88. The molecule has 92 valence electrons. The predicted molar refractivity (Wildman–Crippen MR) is 76.2 cm³/mol. The van der Waals surface area contributed by atoms with Crippen LogP contribution in [0.2, 0.25) is 0 Å². The predicted octanol–water partition coefficient (Wildman–Crippen LogP) is 3.80. The van der Waals surface area contributed by atoms with Gasteiger partial charge in [-0.1, -0.05) is 0 Å². The van der Waals surface area contributed by atoms with Gasteiger partial charge in [0.1, 0.15) is 0 Å². The van der Waals surface area contributed by atoms with Gasteiger partial charge in [-0.2, -0.15) is 0 Å². The van der Waals surface area contributed by atoms with Crippen molar-refractivity contribution in [3.05, 3.63) is 31.9 Å². The lowest BCUT2D eigenvalue weighted by molar-refractivity contribution is -0.385. The minimum absolute atomic E-state index is 0.0687. The topological polar surface area (TPSA) is 55.2 Å². The Bertz CT molecular complexity index is 456. The van der Waals surface area contributed by atoms with Crippen molar-refractivity contribution in [3.63, 3.8) is 0 Å². The molecule has 0 bridgehead atoms. The number of benzene rings is 1. The molecule has 1 N–H and O–H groups in total. The average Bonchev–Trinajstić information content (AvgIpc) is 2.98. The Morgan fingerprint density at radius 3 is 2.59 bits per heavy atom. The number of anilines is 1. The smallest absolute Gasteiger partial charge is 0.282 e. The molecular weight excluding hydrogens is 331 g/mol. The molecule has 1 aromatic rings. The Balaban J connectivity index is 2.17. The van der Waals surface area contributed by atoms with Crippen LogP contribution in [0.4, 0.5) is 11.4 Å². The minimum atomic E-state index is -0.350. The van der Waals surface area contributed by atoms with Gasteiger partial charge in [0.05, 0.1) is 8.49 Å². The maximum absolute atomic E-state index is 10.7. The van der Waals surface area contributed by atoms with Crippen LogP contribution in [-0.4, -0.2) is 10.5 Å². The number of nitrogens with zero attached hydrogens (tertiary/aromatic N) is 1. The molecule has 0 atom stereocenters. The third-order valence-corrected chi connectivity index (χ3v) is 4.07. The maximum Gasteiger partial charge on any atom is 0.282 e. The summed E-state index contributed by atoms with van der Waals surface area (Å²) in [4.78, 5) is 10.4. The van der Waals surface area contributed by atoms with Gasteiger partial charge in [-0.05, 0) is 67.3 Å². The van der Waals surface area contributed by atoms with Crippen molar-refractivity contribution in [1.29, 1.82) is 0 Å². The van der Waals surface area contributed by atoms with Gasteiger partial charge in [-0.25, -0.2) is 0 Å². The largest absolute Gasteiger partial charge is 0.380 e. The standard InChI is InChI=1S/C12H15IN2O2/c1-12(2,8-3-4-8)14-9-5-6-11(15(16)17)10(13)7-9/h5-8,14H,3-4H2,1-2H3. The number of hydrogen-bond donors (Lipinski definition) is 1. The van der Waals surface area contributed by atoms with E-state index < -0.39 is 0 Å². The summed E-state index contributed by atoms with van der Waals surface area (Å²) in [6.07, 6.45) is 2.54. The molecule has 0 amide bonds. The number of hydrogen-bond acceptors (Lipinski definition) is 3. The molecule has 1 aliphatic carbocycles. The van der Waals surface area contributed by atoms with Crippen LogP contribution >= 0.6 is 22.6 Å². The first-order valence-corrected chi connectivity index (χ1v) is 6.70. The summed E-state index contributed by atoms with van der Waals surface area (Å²) in [5, 5.41) is 14.2. The Kier molecular flexibility index (Phi) is 3.29. The van der Waals surface area contributed by atoms with Crippen LogP contribution in [0.5, 0.6) is 0 Å². The van der Waals surface area contributed by atoms with Crippen molar-refractivity contribution in [2.45, 2.75) is 32.2 Å². The fourth-order valence-electron chi connectivity index (χ4n) is 2.01. The van der Waals surface area contributed by atoms with Gasteiger partial charge in [0, 0.05) is 17.3 Å². The van der Waals surface area contributed by atoms with Crippen LogP contribution in [0.25, 0.3) is 0 Å². The second-order valence-corrected chi connectivity index (χ2v) is 6.21. The van der Waals surface area contributed by atoms with E-state index in [1.807, 2.05) is 28.7 Å². The fraction of sp³-hybridized carbons (Fsp3) is 0.500. The summed E-state index contributed by atoms with van der Waals surface area (Å²) in [6, 6.07) is 5.18. The highest BCUT2D eigenvalue weighted by Gasteiger charge is 2.37. The molecule has 0 aliphatic heterocycles. The number of nitro benzene ring substituents is 1. The molecule has 1 fully saturated rings. The molecule has 1 saturated carbocycles. The zero-order chi connectivity index (χ0) is 12.6. The highest BCUT2D eigenvalue weighted by molar-refractivity contribution is 14.1. The van der Waals surface area contributed by atoms with E-state index in [2.05, 4.69) is 19.2 Å². The van der Waals surface area contributed by atoms with E-state index in [1.165, 1.54) is 12.8 Å². The van der Waals surface area contributed by atoms with Crippen LogP contribution in [0.3, 0.4) is 0 Å². The molecule has 2 rings (SSSR count). The molecule has 5 heteroatoms. The molecule has 0 saturated heterocycles. The van der Waals surface area contributed by atoms with E-state index >= 15 is 0 Å². The van der Waals surface area contributed by atoms with Gasteiger partial charge in [0.2, 0.25) is 0 Å². The van der Waals surface area contributed by atoms with Gasteiger partial charge >= 0.3 is 0 Å². The fourth-order valence-corrected chi connectivity index (χ4v) is 2.72. The molecule has 0 heterocycles. The normalized spacial score (nSPS) is 15.7. The molecule has 17 heavy (non-hydrogen) atoms. The Morgan fingerprint density at radius 2 is 2.12 bits per heavy atom. The van der Waals surface area contributed by atoms with Crippen molar-refractivity contribution in [1.82, 2.24) is 0 Å². The van der Waals surface area contributed by atoms with Crippen molar-refractivity contribution in [3.8, 4) is 0 Å². The summed E-state index contributed by atoms with van der Waals surface area (Å²) >= 11 is 2.00. The summed E-state index contributed by atoms with van der Waals surface area (Å²) < 4.78 is 0.671. The molecule has 1 aromatic carbocycles. The second-order valence-electron chi connectivity index (χ2n) is 5.04. The maximum atomic E-state index is 10.7. The van der Waals surface area contributed by atoms with E-state index in [-0.39, 0.29) is 16.1 Å². The van der Waals surface area contributed by atoms with Crippen molar-refractivity contribution in [2.24, 2.45) is 5.92 Å². The van der Waals surface area contributed by atoms with Crippen LogP contribution in [0.15, 0.2) is 18.2 Å². The molecule has 0 radical (unpaired) electrons. The number of rotatable bonds is 4. The molecule has 1 aliphatic rings. The minimum Gasteiger partial charge on any atom is -0.380 e. The molecular formula is C12H15IN2O2. The van der Waals surface area contributed by atoms with Crippen LogP contribution in [-0.2, 0) is 0 Å². The first kappa shape index (κ1) is 12.6. The highest BCUT2D eigenvalue weighted by Crippen LogP contribution is 2.41. The number of nitrogens with one attached hydrogen (secondary N) is 1. The van der Waals surface area contributed by atoms with Gasteiger partial charge in [0.15, 0.2) is 0 Å². The quantitative estimate of drug-likeness (QED) is 0.513. The molecule has 0 spiro atoms. The summed E-state index contributed by atoms with van der Waals surface area (Å²) in [5.41, 5.74) is 1.19. The van der Waals surface area contributed by atoms with Crippen molar-refractivity contribution >= 4 is 34.0 Å². The van der Waals surface area contributed by atoms with E-state index in [0.717, 1.165) is 11.6 Å². The Morgan fingerprint density at radius 1 is 1.47 bits per heavy atom. The number of nitro groups is 1. The van der Waals surface area contributed by atoms with Gasteiger partial charge < -0.3 is 5.32 Å². The highest BCUT2D eigenvalue weighted by atomic mass is 127. The average molecular weight is 346 g/mol. The molecule has 4 nitrogen and oxygen atoms in total. The first-order valence-electron chi connectivity index (χ1n) is 5.62. The molecule has 0 unspecified atom stereocenters. The third-order valence-electron chi connectivity index (χ3n) is 3.21. The van der Waals surface area contributed by atoms with Crippen molar-refractivity contribution in [2.75, 3.05) is 5.32 Å². The molecule has 0 aromatic heterocycles. The van der Waals surface area contributed by atoms with Gasteiger partial charge in [-0.15, -0.1) is 0 Å². The Labute approximate surface area is 114 Å². The Hall–Kier alpha value is -0.850. The lowest BCUT2D eigenvalue weighted by Crippen LogP contribution is -2.33. The zero-order valence-corrected chi connectivity index (χ0v) is 12.0. The summed E-state index contributed by atoms with van der Waals surface area (Å²) in [6.45, 7) is 4.36. The second kappa shape index (κ2) is 4.44. The lowest BCUT2D eigenvalue weighted by Gasteiger charge is -2.27. The SMILES string of the molecule is CC(C)(Nc1ccc([N+](=O)[O-])c(I)c1)C1CC1. The van der Waals surface area contributed by atoms with Crippen LogP contribution in [0.1, 0.15) is 26.7 Å². The first-order chi connectivity index (χ1) is 7.90. The van der Waals surface area contributed by atoms with Crippen LogP contribution < -0.4 is 5.32 Å². The zero-order valence-electron chi connectivity index (χ0n) is 9.87. The monoisotopic (exact) mass is 346 g/mol. The summed E-state index contributed by atoms with van der Waals surface area (Å²) in [7, 11) is 0. The summed E-state index contributed by atoms with van der Waals surface area (Å²) in [5.74, 6) is 0.718. The van der Waals surface area contributed by atoms with Gasteiger partial charge in [-0.3, -0.25) is 10.1 Å². The number of halogens is 1. The lowest BCUT2D eigenvalue weighted by atomic mass is 9.98. The van der Waals surface area contributed by atoms with E-state index in [9.17, 15) is 10.1 Å². The van der Waals surface area contributed by atoms with Crippen LogP contribution in [0, 0.1) is 19.6 Å². The van der Waals surface area contributed by atoms with E-state index in [1.54, 1.807) is 12.1 Å².